The number of benzene rings is 2. The molecular weight excluding hydrogens is 460 g/mol. The van der Waals surface area contributed by atoms with Crippen molar-refractivity contribution in [2.24, 2.45) is 5.92 Å². The molecule has 0 unspecified atom stereocenters. The number of amides is 1. The van der Waals surface area contributed by atoms with Gasteiger partial charge in [0.05, 0.1) is 22.5 Å². The van der Waals surface area contributed by atoms with Gasteiger partial charge in [0, 0.05) is 28.9 Å². The zero-order valence-corrected chi connectivity index (χ0v) is 21.2. The third-order valence-electron chi connectivity index (χ3n) is 7.75. The van der Waals surface area contributed by atoms with Crippen molar-refractivity contribution in [3.05, 3.63) is 71.9 Å². The summed E-state index contributed by atoms with van der Waals surface area (Å²) in [6.07, 6.45) is 6.99. The van der Waals surface area contributed by atoms with Gasteiger partial charge < -0.3 is 9.30 Å². The van der Waals surface area contributed by atoms with Crippen molar-refractivity contribution in [1.82, 2.24) is 9.55 Å². The highest BCUT2D eigenvalue weighted by Crippen LogP contribution is 2.43. The van der Waals surface area contributed by atoms with E-state index in [0.29, 0.717) is 23.2 Å². The first-order chi connectivity index (χ1) is 18.0. The van der Waals surface area contributed by atoms with Gasteiger partial charge in [0.25, 0.3) is 0 Å². The number of ether oxygens (including phenoxy) is 1. The summed E-state index contributed by atoms with van der Waals surface area (Å²) in [7, 11) is 0. The molecule has 0 spiro atoms. The van der Waals surface area contributed by atoms with Crippen molar-refractivity contribution >= 4 is 22.7 Å². The van der Waals surface area contributed by atoms with E-state index in [1.165, 1.54) is 6.42 Å². The van der Waals surface area contributed by atoms with Gasteiger partial charge in [-0.3, -0.25) is 10.3 Å². The number of aromatic nitrogens is 2. The highest BCUT2D eigenvalue weighted by atomic mass is 16.6. The fourth-order valence-electron chi connectivity index (χ4n) is 5.27. The van der Waals surface area contributed by atoms with Crippen LogP contribution in [0, 0.1) is 24.2 Å². The Morgan fingerprint density at radius 1 is 1.08 bits per heavy atom. The first-order valence-electron chi connectivity index (χ1n) is 13.1. The van der Waals surface area contributed by atoms with Crippen molar-refractivity contribution in [3.63, 3.8) is 0 Å². The number of rotatable bonds is 6. The van der Waals surface area contributed by atoms with Crippen LogP contribution in [-0.4, -0.2) is 21.7 Å². The molecule has 6 nitrogen and oxygen atoms in total. The predicted octanol–water partition coefficient (Wildman–Crippen LogP) is 7.62. The number of hydrogen-bond acceptors (Lipinski definition) is 4. The minimum Gasteiger partial charge on any atom is -0.446 e. The van der Waals surface area contributed by atoms with Crippen LogP contribution in [0.1, 0.15) is 56.2 Å². The maximum Gasteiger partial charge on any atom is 0.411 e. The van der Waals surface area contributed by atoms with E-state index in [4.69, 9.17) is 4.74 Å². The van der Waals surface area contributed by atoms with Crippen LogP contribution in [0.5, 0.6) is 0 Å². The molecule has 2 aromatic carbocycles. The summed E-state index contributed by atoms with van der Waals surface area (Å²) < 4.78 is 7.85. The fraction of sp³-hybridized carbons (Fsp3) is 0.323. The summed E-state index contributed by atoms with van der Waals surface area (Å²) in [6, 6.07) is 20.9. The van der Waals surface area contributed by atoms with Gasteiger partial charge in [-0.2, -0.15) is 5.26 Å². The molecule has 4 aromatic rings. The first-order valence-corrected chi connectivity index (χ1v) is 13.1. The van der Waals surface area contributed by atoms with Gasteiger partial charge in [-0.25, -0.2) is 4.79 Å². The van der Waals surface area contributed by atoms with Crippen LogP contribution in [0.4, 0.5) is 10.5 Å². The van der Waals surface area contributed by atoms with Gasteiger partial charge in [-0.1, -0.05) is 24.3 Å². The number of aryl methyl sites for hydroxylation is 1. The van der Waals surface area contributed by atoms with Crippen molar-refractivity contribution in [2.75, 3.05) is 5.32 Å². The quantitative estimate of drug-likeness (QED) is 0.301. The molecule has 1 N–H and O–H groups in total. The number of carbonyl (C=O) groups is 1. The topological polar surface area (TPSA) is 79.9 Å². The zero-order valence-electron chi connectivity index (χ0n) is 21.2. The Morgan fingerprint density at radius 2 is 1.84 bits per heavy atom. The highest BCUT2D eigenvalue weighted by molar-refractivity contribution is 5.97. The number of nitrogens with zero attached hydrogens (tertiary/aromatic N) is 3. The van der Waals surface area contributed by atoms with Crippen molar-refractivity contribution < 1.29 is 9.53 Å². The Bertz CT molecular complexity index is 1520. The van der Waals surface area contributed by atoms with Gasteiger partial charge in [-0.15, -0.1) is 0 Å². The van der Waals surface area contributed by atoms with E-state index < -0.39 is 6.09 Å². The van der Waals surface area contributed by atoms with Crippen molar-refractivity contribution in [1.29, 1.82) is 5.26 Å². The lowest BCUT2D eigenvalue weighted by atomic mass is 9.92. The normalized spacial score (nSPS) is 16.1. The van der Waals surface area contributed by atoms with E-state index in [9.17, 15) is 10.1 Å². The Morgan fingerprint density at radius 3 is 2.49 bits per heavy atom. The third-order valence-corrected chi connectivity index (χ3v) is 7.75. The van der Waals surface area contributed by atoms with E-state index in [-0.39, 0.29) is 6.10 Å². The average Bonchev–Trinajstić information content (AvgIpc) is 3.67. The molecule has 2 fully saturated rings. The Kier molecular flexibility index (Phi) is 5.92. The molecular formula is C31H30N4O2. The van der Waals surface area contributed by atoms with Crippen LogP contribution in [0.2, 0.25) is 0 Å². The molecule has 0 saturated heterocycles. The molecule has 2 heterocycles. The molecule has 0 aliphatic heterocycles. The zero-order chi connectivity index (χ0) is 25.5. The smallest absolute Gasteiger partial charge is 0.411 e. The number of anilines is 1. The van der Waals surface area contributed by atoms with Crippen LogP contribution < -0.4 is 5.32 Å². The van der Waals surface area contributed by atoms with Crippen LogP contribution in [0.25, 0.3) is 33.4 Å². The molecule has 0 bridgehead atoms. The maximum atomic E-state index is 12.3. The van der Waals surface area contributed by atoms with E-state index in [1.807, 2.05) is 43.5 Å². The van der Waals surface area contributed by atoms with Gasteiger partial charge >= 0.3 is 6.09 Å². The van der Waals surface area contributed by atoms with Crippen LogP contribution in [0.3, 0.4) is 0 Å². The lowest BCUT2D eigenvalue weighted by Gasteiger charge is -2.30. The molecule has 6 rings (SSSR count). The van der Waals surface area contributed by atoms with Crippen LogP contribution >= 0.6 is 0 Å². The predicted molar refractivity (Wildman–Crippen MR) is 145 cm³/mol. The summed E-state index contributed by atoms with van der Waals surface area (Å²) in [5.74, 6) is 0.494. The maximum absolute atomic E-state index is 12.3. The Balaban J connectivity index is 1.38. The van der Waals surface area contributed by atoms with Gasteiger partial charge in [0.15, 0.2) is 0 Å². The minimum atomic E-state index is -0.425. The number of pyridine rings is 1. The molecule has 2 saturated carbocycles. The standard InChI is InChI=1S/C31H30N4O2/c1-19-14-15-33-28(16-19)23-10-13-26-27(18-32)30(35(29(26)17-23)25-4-3-5-25)22-8-11-24(12-9-22)34-31(36)37-20(2)21-6-7-21/h8-17,20-21,25H,3-7H2,1-2H3,(H,34,36)/t20-/m1/s1. The first kappa shape index (κ1) is 23.3. The molecule has 2 aliphatic carbocycles. The number of hydrogen-bond donors (Lipinski definition) is 1. The van der Waals surface area contributed by atoms with Crippen LogP contribution in [-0.2, 0) is 4.74 Å². The second-order valence-electron chi connectivity index (χ2n) is 10.4. The summed E-state index contributed by atoms with van der Waals surface area (Å²) in [4.78, 5) is 16.9. The molecule has 2 aromatic heterocycles. The molecule has 6 heteroatoms. The van der Waals surface area contributed by atoms with E-state index in [2.05, 4.69) is 52.1 Å². The highest BCUT2D eigenvalue weighted by Gasteiger charge is 2.31. The van der Waals surface area contributed by atoms with Gasteiger partial charge in [0.2, 0.25) is 0 Å². The lowest BCUT2D eigenvalue weighted by molar-refractivity contribution is 0.108. The summed E-state index contributed by atoms with van der Waals surface area (Å²) in [5, 5.41) is 14.0. The molecule has 0 radical (unpaired) electrons. The molecule has 186 valence electrons. The van der Waals surface area contributed by atoms with Crippen LogP contribution in [0.15, 0.2) is 60.8 Å². The Labute approximate surface area is 216 Å². The second kappa shape index (κ2) is 9.40. The monoisotopic (exact) mass is 490 g/mol. The van der Waals surface area contributed by atoms with Gasteiger partial charge in [0.1, 0.15) is 12.2 Å². The number of carbonyl (C=O) groups excluding carboxylic acids is 1. The number of nitriles is 1. The van der Waals surface area contributed by atoms with Gasteiger partial charge in [-0.05, 0) is 93.3 Å². The fourth-order valence-corrected chi connectivity index (χ4v) is 5.27. The van der Waals surface area contributed by atoms with E-state index in [0.717, 1.165) is 64.7 Å². The van der Waals surface area contributed by atoms with Crippen molar-refractivity contribution in [2.45, 2.75) is 58.1 Å². The SMILES string of the molecule is Cc1ccnc(-c2ccc3c(C#N)c(-c4ccc(NC(=O)O[C@H](C)C5CC5)cc4)n(C4CCC4)c3c2)c1. The number of nitrogens with one attached hydrogen (secondary N) is 1. The Hall–Kier alpha value is -4.11. The molecule has 37 heavy (non-hydrogen) atoms. The molecule has 1 amide bonds. The molecule has 2 aliphatic rings. The second-order valence-corrected chi connectivity index (χ2v) is 10.4. The summed E-state index contributed by atoms with van der Waals surface area (Å²) >= 11 is 0. The third kappa shape index (κ3) is 4.46. The summed E-state index contributed by atoms with van der Waals surface area (Å²) in [5.41, 5.74) is 7.46. The summed E-state index contributed by atoms with van der Waals surface area (Å²) in [6.45, 7) is 4.02. The minimum absolute atomic E-state index is 0.0597. The largest absolute Gasteiger partial charge is 0.446 e. The van der Waals surface area contributed by atoms with E-state index >= 15 is 0 Å². The van der Waals surface area contributed by atoms with Crippen molar-refractivity contribution in [3.8, 4) is 28.6 Å². The average molecular weight is 491 g/mol. The lowest BCUT2D eigenvalue weighted by Crippen LogP contribution is -2.21. The van der Waals surface area contributed by atoms with E-state index in [1.54, 1.807) is 0 Å². The molecule has 1 atom stereocenters. The number of fused-ring (bicyclic) bond motifs is 1.